The third kappa shape index (κ3) is 5.30. The number of ether oxygens (including phenoxy) is 1. The molecular formula is C15H23NO3. The number of carboxylic acids is 1. The first kappa shape index (κ1) is 15.5. The summed E-state index contributed by atoms with van der Waals surface area (Å²) in [6, 6.07) is 7.90. The van der Waals surface area contributed by atoms with Crippen LogP contribution in [0.3, 0.4) is 0 Å². The van der Waals surface area contributed by atoms with Gasteiger partial charge in [-0.2, -0.15) is 0 Å². The fourth-order valence-corrected chi connectivity index (χ4v) is 2.01. The monoisotopic (exact) mass is 265 g/mol. The number of aliphatic carboxylic acids is 1. The van der Waals surface area contributed by atoms with Crippen LogP contribution in [0.25, 0.3) is 0 Å². The van der Waals surface area contributed by atoms with Crippen LogP contribution in [0.4, 0.5) is 0 Å². The minimum atomic E-state index is -0.740. The van der Waals surface area contributed by atoms with E-state index < -0.39 is 5.97 Å². The molecule has 0 bridgehead atoms. The van der Waals surface area contributed by atoms with Crippen molar-refractivity contribution in [1.29, 1.82) is 0 Å². The van der Waals surface area contributed by atoms with Crippen LogP contribution in [0.1, 0.15) is 25.8 Å². The molecule has 1 rings (SSSR count). The standard InChI is InChI=1S/C15H23NO3/c1-4-9-16(10-12(2)15(17)18)11-13-5-7-14(19-3)8-6-13/h5-8,12H,4,9-11H2,1-3H3,(H,17,18). The lowest BCUT2D eigenvalue weighted by molar-refractivity contribution is -0.141. The Morgan fingerprint density at radius 3 is 2.47 bits per heavy atom. The first-order valence-electron chi connectivity index (χ1n) is 6.65. The summed E-state index contributed by atoms with van der Waals surface area (Å²) in [5.74, 6) is -0.245. The summed E-state index contributed by atoms with van der Waals surface area (Å²) < 4.78 is 5.13. The number of methoxy groups -OCH3 is 1. The van der Waals surface area contributed by atoms with E-state index >= 15 is 0 Å². The Kier molecular flexibility index (Phi) is 6.36. The molecule has 1 unspecified atom stereocenters. The van der Waals surface area contributed by atoms with Gasteiger partial charge in [-0.1, -0.05) is 26.0 Å². The van der Waals surface area contributed by atoms with E-state index in [1.54, 1.807) is 14.0 Å². The predicted molar refractivity (Wildman–Crippen MR) is 75.4 cm³/mol. The van der Waals surface area contributed by atoms with E-state index in [1.165, 1.54) is 5.56 Å². The number of hydrogen-bond donors (Lipinski definition) is 1. The van der Waals surface area contributed by atoms with Gasteiger partial charge in [0, 0.05) is 13.1 Å². The van der Waals surface area contributed by atoms with E-state index in [9.17, 15) is 4.79 Å². The van der Waals surface area contributed by atoms with Crippen LogP contribution in [0.15, 0.2) is 24.3 Å². The molecule has 1 N–H and O–H groups in total. The second kappa shape index (κ2) is 7.79. The normalized spacial score (nSPS) is 12.4. The lowest BCUT2D eigenvalue weighted by Crippen LogP contribution is -2.32. The maximum absolute atomic E-state index is 10.9. The van der Waals surface area contributed by atoms with Crippen molar-refractivity contribution in [3.8, 4) is 5.75 Å². The first-order chi connectivity index (χ1) is 9.06. The molecule has 4 nitrogen and oxygen atoms in total. The molecule has 0 saturated heterocycles. The fraction of sp³-hybridized carbons (Fsp3) is 0.533. The molecule has 0 radical (unpaired) electrons. The highest BCUT2D eigenvalue weighted by atomic mass is 16.5. The summed E-state index contributed by atoms with van der Waals surface area (Å²) in [6.07, 6.45) is 1.02. The van der Waals surface area contributed by atoms with Crippen molar-refractivity contribution in [3.05, 3.63) is 29.8 Å². The van der Waals surface area contributed by atoms with Crippen molar-refractivity contribution in [1.82, 2.24) is 4.90 Å². The van der Waals surface area contributed by atoms with Gasteiger partial charge in [-0.25, -0.2) is 0 Å². The number of rotatable bonds is 8. The molecule has 1 aromatic rings. The van der Waals surface area contributed by atoms with Gasteiger partial charge in [-0.05, 0) is 30.7 Å². The number of carboxylic acid groups (broad SMARTS) is 1. The van der Waals surface area contributed by atoms with E-state index in [2.05, 4.69) is 11.8 Å². The van der Waals surface area contributed by atoms with Crippen molar-refractivity contribution < 1.29 is 14.6 Å². The largest absolute Gasteiger partial charge is 0.497 e. The summed E-state index contributed by atoms with van der Waals surface area (Å²) in [5, 5.41) is 8.99. The summed E-state index contributed by atoms with van der Waals surface area (Å²) in [5.41, 5.74) is 1.17. The second-order valence-corrected chi connectivity index (χ2v) is 4.82. The van der Waals surface area contributed by atoms with Crippen molar-refractivity contribution in [3.63, 3.8) is 0 Å². The molecule has 0 heterocycles. The topological polar surface area (TPSA) is 49.8 Å². The molecular weight excluding hydrogens is 242 g/mol. The molecule has 106 valence electrons. The second-order valence-electron chi connectivity index (χ2n) is 4.82. The van der Waals surface area contributed by atoms with Gasteiger partial charge in [0.2, 0.25) is 0 Å². The Morgan fingerprint density at radius 1 is 1.37 bits per heavy atom. The van der Waals surface area contributed by atoms with Gasteiger partial charge in [0.15, 0.2) is 0 Å². The first-order valence-corrected chi connectivity index (χ1v) is 6.65. The predicted octanol–water partition coefficient (Wildman–Crippen LogP) is 2.63. The van der Waals surface area contributed by atoms with Crippen LogP contribution in [0, 0.1) is 5.92 Å². The minimum absolute atomic E-state index is 0.343. The fourth-order valence-electron chi connectivity index (χ4n) is 2.01. The quantitative estimate of drug-likeness (QED) is 0.785. The highest BCUT2D eigenvalue weighted by Crippen LogP contribution is 2.14. The van der Waals surface area contributed by atoms with Crippen LogP contribution >= 0.6 is 0 Å². The molecule has 0 aromatic heterocycles. The molecule has 1 atom stereocenters. The van der Waals surface area contributed by atoms with Crippen molar-refractivity contribution >= 4 is 5.97 Å². The smallest absolute Gasteiger partial charge is 0.307 e. The van der Waals surface area contributed by atoms with Crippen LogP contribution in [-0.2, 0) is 11.3 Å². The van der Waals surface area contributed by atoms with Gasteiger partial charge in [0.1, 0.15) is 5.75 Å². The highest BCUT2D eigenvalue weighted by Gasteiger charge is 2.15. The van der Waals surface area contributed by atoms with Gasteiger partial charge >= 0.3 is 5.97 Å². The number of nitrogens with zero attached hydrogens (tertiary/aromatic N) is 1. The molecule has 19 heavy (non-hydrogen) atoms. The molecule has 1 aromatic carbocycles. The Bertz CT molecular complexity index is 389. The van der Waals surface area contributed by atoms with Gasteiger partial charge in [0.05, 0.1) is 13.0 Å². The maximum atomic E-state index is 10.9. The van der Waals surface area contributed by atoms with Crippen LogP contribution in [0.5, 0.6) is 5.75 Å². The highest BCUT2D eigenvalue weighted by molar-refractivity contribution is 5.69. The van der Waals surface area contributed by atoms with E-state index in [1.807, 2.05) is 24.3 Å². The molecule has 0 aliphatic carbocycles. The zero-order chi connectivity index (χ0) is 14.3. The number of carbonyl (C=O) groups is 1. The van der Waals surface area contributed by atoms with Gasteiger partial charge < -0.3 is 9.84 Å². The zero-order valence-electron chi connectivity index (χ0n) is 11.9. The van der Waals surface area contributed by atoms with E-state index in [4.69, 9.17) is 9.84 Å². The van der Waals surface area contributed by atoms with Gasteiger partial charge in [-0.3, -0.25) is 9.69 Å². The summed E-state index contributed by atoms with van der Waals surface area (Å²) in [6.45, 7) is 6.11. The lowest BCUT2D eigenvalue weighted by Gasteiger charge is -2.23. The molecule has 0 fully saturated rings. The Morgan fingerprint density at radius 2 is 2.00 bits per heavy atom. The van der Waals surface area contributed by atoms with Crippen molar-refractivity contribution in [2.45, 2.75) is 26.8 Å². The van der Waals surface area contributed by atoms with Crippen LogP contribution < -0.4 is 4.74 Å². The van der Waals surface area contributed by atoms with Crippen molar-refractivity contribution in [2.24, 2.45) is 5.92 Å². The number of hydrogen-bond acceptors (Lipinski definition) is 3. The molecule has 0 amide bonds. The molecule has 0 spiro atoms. The molecule has 0 aliphatic rings. The van der Waals surface area contributed by atoms with Crippen molar-refractivity contribution in [2.75, 3.05) is 20.2 Å². The molecule has 0 saturated carbocycles. The third-order valence-electron chi connectivity index (χ3n) is 3.06. The SMILES string of the molecule is CCCN(Cc1ccc(OC)cc1)CC(C)C(=O)O. The third-order valence-corrected chi connectivity index (χ3v) is 3.06. The lowest BCUT2D eigenvalue weighted by atomic mass is 10.1. The van der Waals surface area contributed by atoms with Gasteiger partial charge in [0.25, 0.3) is 0 Å². The average Bonchev–Trinajstić information content (AvgIpc) is 2.39. The van der Waals surface area contributed by atoms with E-state index in [0.29, 0.717) is 6.54 Å². The minimum Gasteiger partial charge on any atom is -0.497 e. The Labute approximate surface area is 115 Å². The van der Waals surface area contributed by atoms with Crippen LogP contribution in [0.2, 0.25) is 0 Å². The summed E-state index contributed by atoms with van der Waals surface area (Å²) >= 11 is 0. The Hall–Kier alpha value is -1.55. The molecule has 0 aliphatic heterocycles. The number of benzene rings is 1. The van der Waals surface area contributed by atoms with E-state index in [0.717, 1.165) is 25.3 Å². The van der Waals surface area contributed by atoms with Crippen LogP contribution in [-0.4, -0.2) is 36.2 Å². The zero-order valence-corrected chi connectivity index (χ0v) is 11.9. The maximum Gasteiger partial charge on any atom is 0.307 e. The molecule has 4 heteroatoms. The summed E-state index contributed by atoms with van der Waals surface area (Å²) in [7, 11) is 1.65. The summed E-state index contributed by atoms with van der Waals surface area (Å²) in [4.78, 5) is 13.1. The van der Waals surface area contributed by atoms with Gasteiger partial charge in [-0.15, -0.1) is 0 Å². The average molecular weight is 265 g/mol. The van der Waals surface area contributed by atoms with E-state index in [-0.39, 0.29) is 5.92 Å². The Balaban J connectivity index is 2.63.